The van der Waals surface area contributed by atoms with Crippen LogP contribution in [0.3, 0.4) is 0 Å². The Morgan fingerprint density at radius 1 is 1.35 bits per heavy atom. The molecular weight excluding hydrogens is 214 g/mol. The number of carbonyl (C=O) groups is 1. The normalized spacial score (nSPS) is 16.6. The van der Waals surface area contributed by atoms with Gasteiger partial charge in [-0.25, -0.2) is 4.79 Å². The van der Waals surface area contributed by atoms with Crippen LogP contribution in [0, 0.1) is 6.92 Å². The van der Waals surface area contributed by atoms with Crippen molar-refractivity contribution in [1.29, 1.82) is 0 Å². The minimum absolute atomic E-state index is 0.517. The van der Waals surface area contributed by atoms with E-state index in [9.17, 15) is 4.79 Å². The number of carboxylic acid groups (broad SMARTS) is 1. The van der Waals surface area contributed by atoms with Crippen LogP contribution < -0.4 is 0 Å². The molecule has 17 heavy (non-hydrogen) atoms. The van der Waals surface area contributed by atoms with Crippen molar-refractivity contribution in [3.63, 3.8) is 0 Å². The maximum atomic E-state index is 10.9. The Kier molecular flexibility index (Phi) is 3.59. The molecule has 1 N–H and O–H groups in total. The number of aryl methyl sites for hydroxylation is 1. The Morgan fingerprint density at radius 3 is 2.71 bits per heavy atom. The van der Waals surface area contributed by atoms with Crippen LogP contribution >= 0.6 is 0 Å². The first-order valence-corrected chi connectivity index (χ1v) is 5.85. The third kappa shape index (κ3) is 3.17. The standard InChI is InChI=1S/C14H17NO2/c1-11-4-6-12(7-5-11)9-15-8-2-3-13(10-15)14(16)17/h3-7H,2,8-10H2,1H3,(H,16,17). The van der Waals surface area contributed by atoms with Gasteiger partial charge in [-0.3, -0.25) is 4.90 Å². The fraction of sp³-hybridized carbons (Fsp3) is 0.357. The van der Waals surface area contributed by atoms with Crippen LogP contribution in [0.4, 0.5) is 0 Å². The number of benzene rings is 1. The average Bonchev–Trinajstić information content (AvgIpc) is 2.32. The van der Waals surface area contributed by atoms with E-state index in [0.717, 1.165) is 19.5 Å². The van der Waals surface area contributed by atoms with Crippen molar-refractivity contribution in [1.82, 2.24) is 4.90 Å². The molecule has 0 fully saturated rings. The molecule has 1 aromatic rings. The predicted molar refractivity (Wildman–Crippen MR) is 66.8 cm³/mol. The molecule has 0 radical (unpaired) electrons. The van der Waals surface area contributed by atoms with E-state index in [1.165, 1.54) is 11.1 Å². The molecular formula is C14H17NO2. The van der Waals surface area contributed by atoms with E-state index < -0.39 is 5.97 Å². The maximum Gasteiger partial charge on any atom is 0.332 e. The molecule has 0 aromatic heterocycles. The SMILES string of the molecule is Cc1ccc(CN2CCC=C(C(=O)O)C2)cc1. The molecule has 3 heteroatoms. The molecule has 0 atom stereocenters. The maximum absolute atomic E-state index is 10.9. The fourth-order valence-corrected chi connectivity index (χ4v) is 2.05. The molecule has 1 heterocycles. The van der Waals surface area contributed by atoms with Gasteiger partial charge in [-0.1, -0.05) is 35.9 Å². The van der Waals surface area contributed by atoms with Crippen LogP contribution in [0.15, 0.2) is 35.9 Å². The van der Waals surface area contributed by atoms with Crippen LogP contribution in [0.5, 0.6) is 0 Å². The number of nitrogens with zero attached hydrogens (tertiary/aromatic N) is 1. The third-order valence-corrected chi connectivity index (χ3v) is 3.03. The van der Waals surface area contributed by atoms with Crippen molar-refractivity contribution in [3.05, 3.63) is 47.0 Å². The number of carboxylic acids is 1. The lowest BCUT2D eigenvalue weighted by Crippen LogP contribution is -2.31. The van der Waals surface area contributed by atoms with Crippen LogP contribution in [0.25, 0.3) is 0 Å². The highest BCUT2D eigenvalue weighted by Crippen LogP contribution is 2.14. The highest BCUT2D eigenvalue weighted by molar-refractivity contribution is 5.87. The summed E-state index contributed by atoms with van der Waals surface area (Å²) in [5, 5.41) is 8.96. The van der Waals surface area contributed by atoms with E-state index in [1.807, 2.05) is 6.08 Å². The third-order valence-electron chi connectivity index (χ3n) is 3.03. The number of hydrogen-bond acceptors (Lipinski definition) is 2. The first-order chi connectivity index (χ1) is 8.15. The molecule has 0 saturated heterocycles. The summed E-state index contributed by atoms with van der Waals surface area (Å²) in [6, 6.07) is 8.39. The molecule has 0 bridgehead atoms. The van der Waals surface area contributed by atoms with E-state index in [-0.39, 0.29) is 0 Å². The largest absolute Gasteiger partial charge is 0.478 e. The zero-order valence-corrected chi connectivity index (χ0v) is 10.0. The molecule has 0 aliphatic carbocycles. The molecule has 3 nitrogen and oxygen atoms in total. The van der Waals surface area contributed by atoms with Gasteiger partial charge in [-0.2, -0.15) is 0 Å². The van der Waals surface area contributed by atoms with Gasteiger partial charge in [0.05, 0.1) is 0 Å². The van der Waals surface area contributed by atoms with Gasteiger partial charge in [0, 0.05) is 25.2 Å². The van der Waals surface area contributed by atoms with E-state index in [1.54, 1.807) is 0 Å². The predicted octanol–water partition coefficient (Wildman–Crippen LogP) is 2.21. The van der Waals surface area contributed by atoms with E-state index in [4.69, 9.17) is 5.11 Å². The minimum atomic E-state index is -0.793. The van der Waals surface area contributed by atoms with Crippen molar-refractivity contribution < 1.29 is 9.90 Å². The second-order valence-corrected chi connectivity index (χ2v) is 4.52. The Morgan fingerprint density at radius 2 is 2.06 bits per heavy atom. The van der Waals surface area contributed by atoms with Crippen molar-refractivity contribution in [2.24, 2.45) is 0 Å². The van der Waals surface area contributed by atoms with Gasteiger partial charge in [0.2, 0.25) is 0 Å². The Labute approximate surface area is 101 Å². The van der Waals surface area contributed by atoms with Gasteiger partial charge >= 0.3 is 5.97 Å². The van der Waals surface area contributed by atoms with Gasteiger partial charge in [0.15, 0.2) is 0 Å². The highest BCUT2D eigenvalue weighted by atomic mass is 16.4. The van der Waals surface area contributed by atoms with Crippen molar-refractivity contribution >= 4 is 5.97 Å². The fourth-order valence-electron chi connectivity index (χ4n) is 2.05. The lowest BCUT2D eigenvalue weighted by Gasteiger charge is -2.25. The van der Waals surface area contributed by atoms with Gasteiger partial charge < -0.3 is 5.11 Å². The summed E-state index contributed by atoms with van der Waals surface area (Å²) < 4.78 is 0. The summed E-state index contributed by atoms with van der Waals surface area (Å²) in [7, 11) is 0. The van der Waals surface area contributed by atoms with Crippen LogP contribution in [-0.2, 0) is 11.3 Å². The Balaban J connectivity index is 1.99. The molecule has 90 valence electrons. The van der Waals surface area contributed by atoms with Crippen LogP contribution in [0.2, 0.25) is 0 Å². The van der Waals surface area contributed by atoms with E-state index in [2.05, 4.69) is 36.1 Å². The molecule has 0 unspecified atom stereocenters. The molecule has 0 amide bonds. The summed E-state index contributed by atoms with van der Waals surface area (Å²) in [5.74, 6) is -0.793. The second-order valence-electron chi connectivity index (χ2n) is 4.52. The van der Waals surface area contributed by atoms with Gasteiger partial charge in [0.1, 0.15) is 0 Å². The molecule has 2 rings (SSSR count). The summed E-state index contributed by atoms with van der Waals surface area (Å²) in [4.78, 5) is 13.1. The van der Waals surface area contributed by atoms with Gasteiger partial charge in [-0.05, 0) is 18.9 Å². The number of hydrogen-bond donors (Lipinski definition) is 1. The number of rotatable bonds is 3. The van der Waals surface area contributed by atoms with Crippen LogP contribution in [-0.4, -0.2) is 29.1 Å². The van der Waals surface area contributed by atoms with Gasteiger partial charge in [0.25, 0.3) is 0 Å². The first kappa shape index (κ1) is 11.9. The molecule has 0 spiro atoms. The monoisotopic (exact) mass is 231 g/mol. The Hall–Kier alpha value is -1.61. The lowest BCUT2D eigenvalue weighted by atomic mass is 10.1. The van der Waals surface area contributed by atoms with Crippen molar-refractivity contribution in [3.8, 4) is 0 Å². The summed E-state index contributed by atoms with van der Waals surface area (Å²) in [6.07, 6.45) is 2.65. The smallest absolute Gasteiger partial charge is 0.332 e. The minimum Gasteiger partial charge on any atom is -0.478 e. The molecule has 1 aliphatic rings. The lowest BCUT2D eigenvalue weighted by molar-refractivity contribution is -0.133. The van der Waals surface area contributed by atoms with Gasteiger partial charge in [-0.15, -0.1) is 0 Å². The molecule has 1 aromatic carbocycles. The molecule has 0 saturated carbocycles. The zero-order valence-electron chi connectivity index (χ0n) is 10.0. The van der Waals surface area contributed by atoms with Crippen molar-refractivity contribution in [2.45, 2.75) is 19.9 Å². The Bertz CT molecular complexity index is 434. The highest BCUT2D eigenvalue weighted by Gasteiger charge is 2.17. The average molecular weight is 231 g/mol. The van der Waals surface area contributed by atoms with E-state index in [0.29, 0.717) is 12.1 Å². The first-order valence-electron chi connectivity index (χ1n) is 5.85. The van der Waals surface area contributed by atoms with E-state index >= 15 is 0 Å². The summed E-state index contributed by atoms with van der Waals surface area (Å²) >= 11 is 0. The van der Waals surface area contributed by atoms with Crippen molar-refractivity contribution in [2.75, 3.05) is 13.1 Å². The summed E-state index contributed by atoms with van der Waals surface area (Å²) in [6.45, 7) is 4.37. The second kappa shape index (κ2) is 5.15. The number of aliphatic carboxylic acids is 1. The zero-order chi connectivity index (χ0) is 12.3. The summed E-state index contributed by atoms with van der Waals surface area (Å²) in [5.41, 5.74) is 3.00. The quantitative estimate of drug-likeness (QED) is 0.867. The topological polar surface area (TPSA) is 40.5 Å². The molecule has 1 aliphatic heterocycles. The van der Waals surface area contributed by atoms with Crippen LogP contribution in [0.1, 0.15) is 17.5 Å².